The van der Waals surface area contributed by atoms with E-state index >= 15 is 0 Å². The summed E-state index contributed by atoms with van der Waals surface area (Å²) in [5, 5.41) is 19.9. The van der Waals surface area contributed by atoms with Gasteiger partial charge >= 0.3 is 0 Å². The average molecular weight is 380 g/mol. The van der Waals surface area contributed by atoms with Gasteiger partial charge in [-0.25, -0.2) is 0 Å². The quantitative estimate of drug-likeness (QED) is 0.386. The van der Waals surface area contributed by atoms with Crippen LogP contribution in [0.15, 0.2) is 36.4 Å². The van der Waals surface area contributed by atoms with E-state index in [4.69, 9.17) is 0 Å². The van der Waals surface area contributed by atoms with E-state index in [9.17, 15) is 5.11 Å². The summed E-state index contributed by atoms with van der Waals surface area (Å²) in [5.74, 6) is 0.311. The maximum absolute atomic E-state index is 10.8. The average Bonchev–Trinajstić information content (AvgIpc) is 3.13. The van der Waals surface area contributed by atoms with Crippen LogP contribution < -0.4 is 0 Å². The van der Waals surface area contributed by atoms with Crippen LogP contribution in [0.1, 0.15) is 75.8 Å². The van der Waals surface area contributed by atoms with Crippen LogP contribution in [-0.4, -0.2) is 20.1 Å². The van der Waals surface area contributed by atoms with Crippen LogP contribution in [0.3, 0.4) is 0 Å². The maximum Gasteiger partial charge on any atom is 0.146 e. The molecule has 0 saturated carbocycles. The van der Waals surface area contributed by atoms with Crippen molar-refractivity contribution in [2.45, 2.75) is 78.1 Å². The van der Waals surface area contributed by atoms with Gasteiger partial charge < -0.3 is 5.11 Å². The molecule has 0 saturated heterocycles. The normalized spacial score (nSPS) is 11.4. The zero-order valence-corrected chi connectivity index (χ0v) is 17.3. The monoisotopic (exact) mass is 379 g/mol. The van der Waals surface area contributed by atoms with Gasteiger partial charge in [0.2, 0.25) is 0 Å². The largest absolute Gasteiger partial charge is 0.505 e. The van der Waals surface area contributed by atoms with E-state index in [0.717, 1.165) is 35.0 Å². The number of phenols is 1. The molecule has 4 heteroatoms. The van der Waals surface area contributed by atoms with Gasteiger partial charge in [-0.1, -0.05) is 76.5 Å². The molecule has 0 fully saturated rings. The van der Waals surface area contributed by atoms with Gasteiger partial charge in [0.05, 0.1) is 0 Å². The van der Waals surface area contributed by atoms with Crippen molar-refractivity contribution in [1.82, 2.24) is 15.0 Å². The van der Waals surface area contributed by atoms with Gasteiger partial charge in [0.15, 0.2) is 0 Å². The molecule has 1 N–H and O–H groups in total. The van der Waals surface area contributed by atoms with Gasteiger partial charge in [-0.2, -0.15) is 0 Å². The summed E-state index contributed by atoms with van der Waals surface area (Å²) in [6.07, 6.45) is 12.7. The smallest absolute Gasteiger partial charge is 0.146 e. The summed E-state index contributed by atoms with van der Waals surface area (Å²) >= 11 is 0. The van der Waals surface area contributed by atoms with E-state index in [0.29, 0.717) is 11.4 Å². The van der Waals surface area contributed by atoms with Gasteiger partial charge in [0.25, 0.3) is 0 Å². The summed E-state index contributed by atoms with van der Waals surface area (Å²) in [5.41, 5.74) is 4.47. The Bertz CT molecular complexity index is 852. The topological polar surface area (TPSA) is 50.9 Å². The number of aromatic hydroxyl groups is 1. The standard InChI is InChI=1S/C24H33N3O/c1-3-4-5-6-7-8-9-10-11-14-20-17-19(2)18-23(24(20)28)27-25-21-15-12-13-16-22(21)26-27/h12-13,15-18,28H,3-11,14H2,1-2H3. The van der Waals surface area contributed by atoms with Crippen molar-refractivity contribution >= 4 is 11.0 Å². The minimum atomic E-state index is 0.311. The van der Waals surface area contributed by atoms with Crippen LogP contribution in [-0.2, 0) is 6.42 Å². The number of hydrogen-bond donors (Lipinski definition) is 1. The van der Waals surface area contributed by atoms with E-state index in [1.807, 2.05) is 30.3 Å². The van der Waals surface area contributed by atoms with Gasteiger partial charge in [-0.15, -0.1) is 15.0 Å². The molecule has 1 aromatic heterocycles. The van der Waals surface area contributed by atoms with Crippen LogP contribution in [0.2, 0.25) is 0 Å². The van der Waals surface area contributed by atoms with Crippen molar-refractivity contribution in [2.75, 3.05) is 0 Å². The molecule has 0 unspecified atom stereocenters. The molecular formula is C24H33N3O. The maximum atomic E-state index is 10.8. The van der Waals surface area contributed by atoms with E-state index in [1.54, 1.807) is 4.80 Å². The first-order chi connectivity index (χ1) is 13.7. The molecular weight excluding hydrogens is 346 g/mol. The zero-order valence-electron chi connectivity index (χ0n) is 17.3. The van der Waals surface area contributed by atoms with Crippen molar-refractivity contribution in [1.29, 1.82) is 0 Å². The van der Waals surface area contributed by atoms with Crippen molar-refractivity contribution in [3.05, 3.63) is 47.5 Å². The molecule has 0 aliphatic heterocycles. The lowest BCUT2D eigenvalue weighted by atomic mass is 10.0. The van der Waals surface area contributed by atoms with Gasteiger partial charge in [-0.05, 0) is 49.1 Å². The molecule has 28 heavy (non-hydrogen) atoms. The first-order valence-electron chi connectivity index (χ1n) is 10.8. The molecule has 1 heterocycles. The second-order valence-electron chi connectivity index (χ2n) is 7.85. The lowest BCUT2D eigenvalue weighted by Gasteiger charge is -2.11. The van der Waals surface area contributed by atoms with Crippen LogP contribution in [0.25, 0.3) is 16.7 Å². The van der Waals surface area contributed by atoms with Crippen LogP contribution in [0.5, 0.6) is 5.75 Å². The van der Waals surface area contributed by atoms with E-state index < -0.39 is 0 Å². The number of nitrogens with zero attached hydrogens (tertiary/aromatic N) is 3. The van der Waals surface area contributed by atoms with E-state index in [2.05, 4.69) is 30.1 Å². The molecule has 3 rings (SSSR count). The number of fused-ring (bicyclic) bond motifs is 1. The molecule has 0 radical (unpaired) electrons. The Morgan fingerprint density at radius 3 is 2.00 bits per heavy atom. The highest BCUT2D eigenvalue weighted by molar-refractivity contribution is 5.73. The Morgan fingerprint density at radius 1 is 0.821 bits per heavy atom. The molecule has 3 aromatic rings. The predicted octanol–water partition coefficient (Wildman–Crippen LogP) is 6.51. The lowest BCUT2D eigenvalue weighted by molar-refractivity contribution is 0.458. The Balaban J connectivity index is 1.57. The highest BCUT2D eigenvalue weighted by Crippen LogP contribution is 2.29. The number of unbranched alkanes of at least 4 members (excludes halogenated alkanes) is 8. The predicted molar refractivity (Wildman–Crippen MR) is 116 cm³/mol. The molecule has 0 aliphatic rings. The third kappa shape index (κ3) is 5.34. The fraction of sp³-hybridized carbons (Fsp3) is 0.500. The molecule has 2 aromatic carbocycles. The van der Waals surface area contributed by atoms with Crippen molar-refractivity contribution in [3.63, 3.8) is 0 Å². The van der Waals surface area contributed by atoms with Crippen LogP contribution >= 0.6 is 0 Å². The number of aromatic nitrogens is 3. The summed E-state index contributed by atoms with van der Waals surface area (Å²) in [6, 6.07) is 11.8. The van der Waals surface area contributed by atoms with Crippen molar-refractivity contribution in [3.8, 4) is 11.4 Å². The lowest BCUT2D eigenvalue weighted by Crippen LogP contribution is -2.02. The van der Waals surface area contributed by atoms with E-state index in [-0.39, 0.29) is 0 Å². The number of rotatable bonds is 11. The fourth-order valence-electron chi connectivity index (χ4n) is 3.77. The highest BCUT2D eigenvalue weighted by atomic mass is 16.3. The van der Waals surface area contributed by atoms with Crippen molar-refractivity contribution < 1.29 is 5.11 Å². The highest BCUT2D eigenvalue weighted by Gasteiger charge is 2.13. The molecule has 0 bridgehead atoms. The minimum Gasteiger partial charge on any atom is -0.505 e. The number of phenolic OH excluding ortho intramolecular Hbond substituents is 1. The van der Waals surface area contributed by atoms with Gasteiger partial charge in [-0.3, -0.25) is 0 Å². The Labute approximate surface area is 168 Å². The van der Waals surface area contributed by atoms with Crippen LogP contribution in [0.4, 0.5) is 0 Å². The second kappa shape index (κ2) is 10.3. The Morgan fingerprint density at radius 2 is 1.39 bits per heavy atom. The third-order valence-corrected chi connectivity index (χ3v) is 5.36. The first kappa shape index (κ1) is 20.4. The molecule has 0 atom stereocenters. The molecule has 0 amide bonds. The minimum absolute atomic E-state index is 0.311. The zero-order chi connectivity index (χ0) is 19.8. The molecule has 0 aliphatic carbocycles. The summed E-state index contributed by atoms with van der Waals surface area (Å²) in [4.78, 5) is 1.56. The fourth-order valence-corrected chi connectivity index (χ4v) is 3.77. The molecule has 4 nitrogen and oxygen atoms in total. The second-order valence-corrected chi connectivity index (χ2v) is 7.85. The SMILES string of the molecule is CCCCCCCCCCCc1cc(C)cc(-n2nc3ccccc3n2)c1O. The summed E-state index contributed by atoms with van der Waals surface area (Å²) in [7, 11) is 0. The Kier molecular flexibility index (Phi) is 7.46. The molecule has 150 valence electrons. The number of aryl methyl sites for hydroxylation is 2. The number of hydrogen-bond acceptors (Lipinski definition) is 3. The van der Waals surface area contributed by atoms with Crippen LogP contribution in [0, 0.1) is 6.92 Å². The van der Waals surface area contributed by atoms with Gasteiger partial charge in [0.1, 0.15) is 22.5 Å². The first-order valence-corrected chi connectivity index (χ1v) is 10.8. The number of benzene rings is 2. The van der Waals surface area contributed by atoms with Crippen molar-refractivity contribution in [2.24, 2.45) is 0 Å². The summed E-state index contributed by atoms with van der Waals surface area (Å²) < 4.78 is 0. The van der Waals surface area contributed by atoms with Gasteiger partial charge in [0, 0.05) is 0 Å². The molecule has 0 spiro atoms. The third-order valence-electron chi connectivity index (χ3n) is 5.36. The Hall–Kier alpha value is -2.36. The summed E-state index contributed by atoms with van der Waals surface area (Å²) in [6.45, 7) is 4.32. The van der Waals surface area contributed by atoms with E-state index in [1.165, 1.54) is 51.4 Å².